The molecule has 0 aromatic heterocycles. The maximum absolute atomic E-state index is 12.7. The molecule has 0 spiro atoms. The van der Waals surface area contributed by atoms with Crippen LogP contribution in [0.2, 0.25) is 0 Å². The molecule has 0 N–H and O–H groups in total. The quantitative estimate of drug-likeness (QED) is 0.352. The summed E-state index contributed by atoms with van der Waals surface area (Å²) in [6.45, 7) is 4.18. The summed E-state index contributed by atoms with van der Waals surface area (Å²) in [7, 11) is 0. The highest BCUT2D eigenvalue weighted by molar-refractivity contribution is 5.90. The van der Waals surface area contributed by atoms with Gasteiger partial charge in [0.05, 0.1) is 11.1 Å². The number of hydrogen-bond acceptors (Lipinski definition) is 4. The van der Waals surface area contributed by atoms with Crippen molar-refractivity contribution in [3.63, 3.8) is 0 Å². The van der Waals surface area contributed by atoms with Crippen LogP contribution >= 0.6 is 0 Å². The third-order valence-corrected chi connectivity index (χ3v) is 5.24. The number of carbonyl (C=O) groups is 2. The van der Waals surface area contributed by atoms with Gasteiger partial charge < -0.3 is 9.47 Å². The van der Waals surface area contributed by atoms with Gasteiger partial charge in [0.1, 0.15) is 6.61 Å². The average Bonchev–Trinajstić information content (AvgIpc) is 2.83. The molecule has 0 bridgehead atoms. The zero-order valence-corrected chi connectivity index (χ0v) is 18.8. The maximum atomic E-state index is 12.7. The van der Waals surface area contributed by atoms with E-state index in [2.05, 4.69) is 13.8 Å². The third kappa shape index (κ3) is 6.55. The van der Waals surface area contributed by atoms with Gasteiger partial charge in [0.25, 0.3) is 0 Å². The van der Waals surface area contributed by atoms with Gasteiger partial charge in [0.2, 0.25) is 0 Å². The van der Waals surface area contributed by atoms with E-state index in [4.69, 9.17) is 9.47 Å². The predicted octanol–water partition coefficient (Wildman–Crippen LogP) is 6.35. The Hall–Kier alpha value is -3.40. The van der Waals surface area contributed by atoms with E-state index in [0.717, 1.165) is 31.2 Å². The number of ether oxygens (including phenoxy) is 2. The van der Waals surface area contributed by atoms with Gasteiger partial charge in [-0.15, -0.1) is 0 Å². The van der Waals surface area contributed by atoms with Crippen molar-refractivity contribution in [3.8, 4) is 0 Å². The second-order valence-electron chi connectivity index (χ2n) is 7.80. The van der Waals surface area contributed by atoms with Crippen LogP contribution in [0.5, 0.6) is 0 Å². The topological polar surface area (TPSA) is 52.6 Å². The Balaban J connectivity index is 1.68. The van der Waals surface area contributed by atoms with Gasteiger partial charge in [-0.2, -0.15) is 0 Å². The molecule has 0 aliphatic carbocycles. The summed E-state index contributed by atoms with van der Waals surface area (Å²) < 4.78 is 11.3. The van der Waals surface area contributed by atoms with E-state index < -0.39 is 18.0 Å². The molecule has 0 aliphatic heterocycles. The minimum Gasteiger partial charge on any atom is -0.458 e. The van der Waals surface area contributed by atoms with Gasteiger partial charge in [-0.05, 0) is 53.8 Å². The van der Waals surface area contributed by atoms with Crippen LogP contribution in [0.25, 0.3) is 0 Å². The Labute approximate surface area is 190 Å². The molecule has 1 atom stereocenters. The average molecular weight is 431 g/mol. The van der Waals surface area contributed by atoms with Gasteiger partial charge in [-0.3, -0.25) is 0 Å². The molecule has 3 aromatic carbocycles. The van der Waals surface area contributed by atoms with E-state index >= 15 is 0 Å². The maximum Gasteiger partial charge on any atom is 0.338 e. The first-order valence-electron chi connectivity index (χ1n) is 11.2. The van der Waals surface area contributed by atoms with Crippen molar-refractivity contribution in [1.29, 1.82) is 0 Å². The van der Waals surface area contributed by atoms with E-state index in [1.165, 1.54) is 11.1 Å². The SMILES string of the molecule is CCCc1ccc(C(=O)OCC(OC(=O)c2ccc(CCC)cc2)c2ccccc2)cc1. The van der Waals surface area contributed by atoms with Crippen molar-refractivity contribution in [3.05, 3.63) is 107 Å². The first-order chi connectivity index (χ1) is 15.6. The molecular formula is C28H30O4. The Morgan fingerprint density at radius 3 is 1.69 bits per heavy atom. The van der Waals surface area contributed by atoms with E-state index in [1.54, 1.807) is 24.3 Å². The lowest BCUT2D eigenvalue weighted by Gasteiger charge is -2.18. The number of rotatable bonds is 10. The predicted molar refractivity (Wildman–Crippen MR) is 126 cm³/mol. The van der Waals surface area contributed by atoms with Crippen LogP contribution in [0.4, 0.5) is 0 Å². The highest BCUT2D eigenvalue weighted by Gasteiger charge is 2.20. The second-order valence-corrected chi connectivity index (χ2v) is 7.80. The van der Waals surface area contributed by atoms with E-state index in [-0.39, 0.29) is 6.61 Å². The molecule has 166 valence electrons. The van der Waals surface area contributed by atoms with Crippen molar-refractivity contribution < 1.29 is 19.1 Å². The molecule has 0 aliphatic rings. The molecule has 3 aromatic rings. The monoisotopic (exact) mass is 430 g/mol. The lowest BCUT2D eigenvalue weighted by atomic mass is 10.1. The van der Waals surface area contributed by atoms with E-state index in [9.17, 15) is 9.59 Å². The summed E-state index contributed by atoms with van der Waals surface area (Å²) >= 11 is 0. The van der Waals surface area contributed by atoms with Crippen LogP contribution in [0.1, 0.15) is 70.2 Å². The van der Waals surface area contributed by atoms with E-state index in [0.29, 0.717) is 11.1 Å². The molecule has 4 nitrogen and oxygen atoms in total. The highest BCUT2D eigenvalue weighted by atomic mass is 16.6. The molecular weight excluding hydrogens is 400 g/mol. The summed E-state index contributed by atoms with van der Waals surface area (Å²) in [5.74, 6) is -0.879. The van der Waals surface area contributed by atoms with Crippen LogP contribution in [-0.2, 0) is 22.3 Å². The van der Waals surface area contributed by atoms with Crippen molar-refractivity contribution in [2.45, 2.75) is 45.6 Å². The standard InChI is InChI=1S/C28H30O4/c1-3-8-21-12-16-24(17-13-21)27(29)31-20-26(23-10-6-5-7-11-23)32-28(30)25-18-14-22(9-4-2)15-19-25/h5-7,10-19,26H,3-4,8-9,20H2,1-2H3. The van der Waals surface area contributed by atoms with Crippen LogP contribution < -0.4 is 0 Å². The molecule has 0 amide bonds. The highest BCUT2D eigenvalue weighted by Crippen LogP contribution is 2.21. The minimum absolute atomic E-state index is 0.0563. The Morgan fingerprint density at radius 1 is 0.688 bits per heavy atom. The number of hydrogen-bond donors (Lipinski definition) is 0. The summed E-state index contributed by atoms with van der Waals surface area (Å²) in [4.78, 5) is 25.3. The smallest absolute Gasteiger partial charge is 0.338 e. The second kappa shape index (κ2) is 11.8. The van der Waals surface area contributed by atoms with Crippen LogP contribution in [0.3, 0.4) is 0 Å². The Morgan fingerprint density at radius 2 is 1.19 bits per heavy atom. The molecule has 0 heterocycles. The molecule has 4 heteroatoms. The zero-order chi connectivity index (χ0) is 22.8. The van der Waals surface area contributed by atoms with Gasteiger partial charge >= 0.3 is 11.9 Å². The molecule has 0 saturated heterocycles. The largest absolute Gasteiger partial charge is 0.458 e. The van der Waals surface area contributed by atoms with Crippen molar-refractivity contribution in [2.75, 3.05) is 6.61 Å². The minimum atomic E-state index is -0.692. The molecule has 32 heavy (non-hydrogen) atoms. The van der Waals surface area contributed by atoms with Crippen LogP contribution in [-0.4, -0.2) is 18.5 Å². The first-order valence-corrected chi connectivity index (χ1v) is 11.2. The van der Waals surface area contributed by atoms with Crippen molar-refractivity contribution in [1.82, 2.24) is 0 Å². The van der Waals surface area contributed by atoms with Gasteiger partial charge in [0, 0.05) is 0 Å². The number of esters is 2. The fourth-order valence-electron chi connectivity index (χ4n) is 3.49. The molecule has 1 unspecified atom stereocenters. The lowest BCUT2D eigenvalue weighted by molar-refractivity contribution is -0.00133. The molecule has 0 radical (unpaired) electrons. The third-order valence-electron chi connectivity index (χ3n) is 5.24. The first kappa shape index (κ1) is 23.3. The normalized spacial score (nSPS) is 11.6. The molecule has 0 fully saturated rings. The van der Waals surface area contributed by atoms with E-state index in [1.807, 2.05) is 54.6 Å². The molecule has 3 rings (SSSR count). The van der Waals surface area contributed by atoms with Crippen molar-refractivity contribution in [2.24, 2.45) is 0 Å². The Bertz CT molecular complexity index is 992. The van der Waals surface area contributed by atoms with Gasteiger partial charge in [-0.1, -0.05) is 81.3 Å². The fraction of sp³-hybridized carbons (Fsp3) is 0.286. The summed E-state index contributed by atoms with van der Waals surface area (Å²) in [5.41, 5.74) is 4.10. The van der Waals surface area contributed by atoms with Crippen LogP contribution in [0, 0.1) is 0 Å². The van der Waals surface area contributed by atoms with Crippen molar-refractivity contribution >= 4 is 11.9 Å². The summed E-state index contributed by atoms with van der Waals surface area (Å²) in [6, 6.07) is 24.2. The van der Waals surface area contributed by atoms with Gasteiger partial charge in [-0.25, -0.2) is 9.59 Å². The zero-order valence-electron chi connectivity index (χ0n) is 18.8. The number of benzene rings is 3. The fourth-order valence-corrected chi connectivity index (χ4v) is 3.49. The molecule has 0 saturated carbocycles. The van der Waals surface area contributed by atoms with Crippen LogP contribution in [0.15, 0.2) is 78.9 Å². The summed E-state index contributed by atoms with van der Waals surface area (Å²) in [5, 5.41) is 0. The lowest BCUT2D eigenvalue weighted by Crippen LogP contribution is -2.19. The Kier molecular flexibility index (Phi) is 8.61. The summed E-state index contributed by atoms with van der Waals surface area (Å²) in [6.07, 6.45) is 3.35. The number of carbonyl (C=O) groups excluding carboxylic acids is 2. The van der Waals surface area contributed by atoms with Gasteiger partial charge in [0.15, 0.2) is 6.10 Å². The number of aryl methyl sites for hydroxylation is 2.